The van der Waals surface area contributed by atoms with Gasteiger partial charge in [0.25, 0.3) is 0 Å². The molecule has 133 heavy (non-hydrogen) atoms. The molecule has 0 spiro atoms. The fraction of sp³-hybridized carbons (Fsp3) is 0.286. The van der Waals surface area contributed by atoms with Gasteiger partial charge in [-0.05, 0) is 158 Å². The number of pyridine rings is 1. The van der Waals surface area contributed by atoms with Crippen LogP contribution in [0.3, 0.4) is 0 Å². The Balaban J connectivity index is 0.000000136. The van der Waals surface area contributed by atoms with Crippen LogP contribution in [0.25, 0.3) is 67.7 Å². The Hall–Kier alpha value is -15.2. The number of amides is 7. The highest BCUT2D eigenvalue weighted by Crippen LogP contribution is 2.33. The number of hydrogen-bond acceptors (Lipinski definition) is 16. The number of oxazole rings is 1. The molecule has 0 bridgehead atoms. The fourth-order valence-corrected chi connectivity index (χ4v) is 16.6. The van der Waals surface area contributed by atoms with Gasteiger partial charge in [0.05, 0.1) is 60.6 Å². The zero-order valence-electron chi connectivity index (χ0n) is 76.6. The first-order valence-electron chi connectivity index (χ1n) is 45.1. The predicted octanol–water partition coefficient (Wildman–Crippen LogP) is 15.2. The minimum atomic E-state index is -0.232. The summed E-state index contributed by atoms with van der Waals surface area (Å²) in [6.45, 7) is 19.1. The number of aryl methyl sites for hydroxylation is 7. The van der Waals surface area contributed by atoms with Crippen molar-refractivity contribution in [2.24, 2.45) is 0 Å². The van der Waals surface area contributed by atoms with Crippen molar-refractivity contribution in [2.75, 3.05) is 96.0 Å². The Bertz CT molecular complexity index is 6440. The van der Waals surface area contributed by atoms with Crippen LogP contribution in [0.4, 0.5) is 15.8 Å². The highest BCUT2D eigenvalue weighted by atomic mass is 19.1. The van der Waals surface area contributed by atoms with Crippen molar-refractivity contribution in [3.05, 3.63) is 311 Å². The van der Waals surface area contributed by atoms with Crippen LogP contribution < -0.4 is 19.3 Å². The van der Waals surface area contributed by atoms with E-state index in [1.54, 1.807) is 76.5 Å². The average molecular weight is 1790 g/mol. The maximum atomic E-state index is 13.6. The average Bonchev–Trinajstić information content (AvgIpc) is 1.52. The van der Waals surface area contributed by atoms with E-state index in [1.165, 1.54) is 11.6 Å². The second-order valence-electron chi connectivity index (χ2n) is 33.2. The molecule has 7 amide bonds. The van der Waals surface area contributed by atoms with Gasteiger partial charge in [-0.25, -0.2) is 9.37 Å². The van der Waals surface area contributed by atoms with Crippen molar-refractivity contribution < 1.29 is 51.8 Å². The van der Waals surface area contributed by atoms with Gasteiger partial charge in [-0.1, -0.05) is 172 Å². The van der Waals surface area contributed by atoms with Gasteiger partial charge in [-0.15, -0.1) is 0 Å². The molecule has 0 saturated carbocycles. The molecule has 14 aromatic rings. The number of halogens is 1. The van der Waals surface area contributed by atoms with Crippen LogP contribution in [0.2, 0.25) is 0 Å². The smallest absolute Gasteiger partial charge is 0.246 e. The highest BCUT2D eigenvalue weighted by Gasteiger charge is 2.34. The number of carbonyl (C=O) groups is 7. The monoisotopic (exact) mass is 1790 g/mol. The molecule has 682 valence electrons. The number of anilines is 2. The molecule has 0 radical (unpaired) electrons. The molecular formula is C105H110FN17O10. The number of hydrogen-bond donors (Lipinski definition) is 0. The first-order valence-corrected chi connectivity index (χ1v) is 45.1. The van der Waals surface area contributed by atoms with Crippen molar-refractivity contribution in [3.63, 3.8) is 0 Å². The van der Waals surface area contributed by atoms with Crippen molar-refractivity contribution >= 4 is 52.7 Å². The molecule has 18 rings (SSSR count). The number of carbonyl (C=O) groups excluding carboxylic acids is 7. The molecule has 4 aliphatic rings. The van der Waals surface area contributed by atoms with Gasteiger partial charge >= 0.3 is 0 Å². The van der Waals surface area contributed by atoms with Gasteiger partial charge in [0.15, 0.2) is 5.89 Å². The van der Waals surface area contributed by atoms with Crippen LogP contribution in [-0.4, -0.2) is 201 Å². The second-order valence-corrected chi connectivity index (χ2v) is 33.2. The Morgan fingerprint density at radius 1 is 0.383 bits per heavy atom. The van der Waals surface area contributed by atoms with Crippen LogP contribution in [0.5, 0.6) is 11.5 Å². The third kappa shape index (κ3) is 22.8. The Kier molecular flexibility index (Phi) is 29.9. The van der Waals surface area contributed by atoms with Gasteiger partial charge in [-0.2, -0.15) is 20.4 Å². The predicted molar refractivity (Wildman–Crippen MR) is 509 cm³/mol. The number of aromatic nitrogens is 10. The van der Waals surface area contributed by atoms with Gasteiger partial charge in [0, 0.05) is 136 Å². The number of nitrogens with zero attached hydrogens (tertiary/aromatic N) is 17. The molecule has 3 saturated heterocycles. The van der Waals surface area contributed by atoms with E-state index in [4.69, 9.17) is 29.2 Å². The molecular weight excluding hydrogens is 1680 g/mol. The standard InChI is InChI=1S/C29H29N5O3.C28H26N4O2.C26H30N4O3.C22H25FN4O2/c1-20-14-25(30-17-21(20)2)26-16-27(22-8-5-4-6-9-22)34(31-26)19-28(35)32-12-13-33(29(36)18-32)23-10-7-11-24(15-23)37-3;33-27-20-31(17-16-30(27)19-22-10-4-1-5-11-22)28(34)21-32-26(24-14-8-3-9-15-24)18-25(29-32)23-12-6-2-7-13-23;1-4-19-8-6-9-20(14-19)24-16-21(5-2)30(27-24)18-25(31)28-12-13-29(26(32)17-28)22-10-7-11-23(15-22)33-3;1-4-17-12-20(16-5-6-18(23)14(2)11-16)25-27(17)13-22(28)26-9-7-19-21(8-10-26)29-15(3)24-19/h4-11,14-17H,12-13,18-19H2,1-3H3;1-15,18H,16-17,19-21H2;6-11,14-16H,4-5,12-13,17-18H2,1-3H3;5-6,11-12H,4,7-10,13H2,1-3H3. The number of rotatable bonds is 23. The Morgan fingerprint density at radius 3 is 1.35 bits per heavy atom. The van der Waals surface area contributed by atoms with Crippen LogP contribution in [0, 0.1) is 33.5 Å². The largest absolute Gasteiger partial charge is 0.497 e. The zero-order chi connectivity index (χ0) is 93.2. The van der Waals surface area contributed by atoms with E-state index in [9.17, 15) is 38.0 Å². The molecule has 0 aliphatic carbocycles. The van der Waals surface area contributed by atoms with Crippen molar-refractivity contribution in [3.8, 4) is 79.2 Å². The van der Waals surface area contributed by atoms with Gasteiger partial charge < -0.3 is 48.2 Å². The summed E-state index contributed by atoms with van der Waals surface area (Å²) in [5.41, 5.74) is 20.1. The van der Waals surface area contributed by atoms with E-state index in [0.717, 1.165) is 132 Å². The minimum absolute atomic E-state index is 0.0174. The Morgan fingerprint density at radius 2 is 0.835 bits per heavy atom. The van der Waals surface area contributed by atoms with Crippen LogP contribution in [0.15, 0.2) is 253 Å². The van der Waals surface area contributed by atoms with Crippen LogP contribution >= 0.6 is 0 Å². The van der Waals surface area contributed by atoms with E-state index in [-0.39, 0.29) is 93.0 Å². The van der Waals surface area contributed by atoms with E-state index >= 15 is 0 Å². The number of methoxy groups -OCH3 is 2. The number of piperazine rings is 3. The minimum Gasteiger partial charge on any atom is -0.497 e. The third-order valence-corrected chi connectivity index (χ3v) is 24.3. The quantitative estimate of drug-likeness (QED) is 0.0576. The van der Waals surface area contributed by atoms with Gasteiger partial charge in [0.2, 0.25) is 41.4 Å². The van der Waals surface area contributed by atoms with Crippen molar-refractivity contribution in [2.45, 2.75) is 113 Å². The second kappa shape index (κ2) is 43.0. The zero-order valence-corrected chi connectivity index (χ0v) is 76.6. The first kappa shape index (κ1) is 92.5. The lowest BCUT2D eigenvalue weighted by molar-refractivity contribution is -0.146. The summed E-state index contributed by atoms with van der Waals surface area (Å²) in [7, 11) is 3.20. The molecule has 28 heteroatoms. The molecule has 8 aromatic carbocycles. The van der Waals surface area contributed by atoms with Gasteiger partial charge in [-0.3, -0.25) is 57.3 Å². The lowest BCUT2D eigenvalue weighted by Gasteiger charge is -2.34. The number of benzene rings is 8. The van der Waals surface area contributed by atoms with E-state index in [1.807, 2.05) is 256 Å². The molecule has 10 heterocycles. The van der Waals surface area contributed by atoms with Crippen LogP contribution in [0.1, 0.15) is 77.3 Å². The summed E-state index contributed by atoms with van der Waals surface area (Å²) in [6, 6.07) is 77.8. The van der Waals surface area contributed by atoms with Crippen molar-refractivity contribution in [1.82, 2.24) is 73.6 Å². The van der Waals surface area contributed by atoms with E-state index in [2.05, 4.69) is 41.0 Å². The van der Waals surface area contributed by atoms with Crippen molar-refractivity contribution in [1.29, 1.82) is 0 Å². The first-order chi connectivity index (χ1) is 64.5. The summed E-state index contributed by atoms with van der Waals surface area (Å²) in [5.74, 6) is 2.14. The maximum Gasteiger partial charge on any atom is 0.246 e. The summed E-state index contributed by atoms with van der Waals surface area (Å²) in [6.07, 6.45) is 5.72. The fourth-order valence-electron chi connectivity index (χ4n) is 16.6. The molecule has 0 unspecified atom stereocenters. The summed E-state index contributed by atoms with van der Waals surface area (Å²) < 4.78 is 36.8. The molecule has 27 nitrogen and oxygen atoms in total. The molecule has 3 fully saturated rings. The normalized spacial score (nSPS) is 13.8. The summed E-state index contributed by atoms with van der Waals surface area (Å²) in [4.78, 5) is 112. The lowest BCUT2D eigenvalue weighted by Crippen LogP contribution is -2.53. The molecule has 4 aliphatic heterocycles. The molecule has 0 atom stereocenters. The lowest BCUT2D eigenvalue weighted by atomic mass is 10.1. The Labute approximate surface area is 773 Å². The molecule has 0 N–H and O–H groups in total. The van der Waals surface area contributed by atoms with Crippen LogP contribution in [-0.2, 0) is 98.4 Å². The maximum absolute atomic E-state index is 13.6. The van der Waals surface area contributed by atoms with Gasteiger partial charge in [0.1, 0.15) is 68.0 Å². The number of fused-ring (bicyclic) bond motifs is 1. The summed E-state index contributed by atoms with van der Waals surface area (Å²) >= 11 is 0. The number of ether oxygens (including phenoxy) is 2. The van der Waals surface area contributed by atoms with E-state index < -0.39 is 0 Å². The van der Waals surface area contributed by atoms with E-state index in [0.29, 0.717) is 100 Å². The molecule has 6 aromatic heterocycles. The summed E-state index contributed by atoms with van der Waals surface area (Å²) in [5, 5.41) is 18.9. The highest BCUT2D eigenvalue weighted by molar-refractivity contribution is 5.99. The SMILES string of the molecule is CCc1cc(-c2ccc(F)c(C)c2)nn1CC(=O)N1CCc2nc(C)oc2CC1.CCc1cccc(-c2cc(CC)n(CC(=O)N3CCN(c4cccc(OC)c4)C(=O)C3)n2)c1.COc1cccc(N2CCN(C(=O)Cn3nc(-c4cc(C)c(C)cn4)cc3-c3ccccc3)CC2=O)c1.O=C(Cn1nc(-c2ccccc2)cc1-c1ccccc1)N1CCN(Cc2ccccc2)C(=O)C1. The third-order valence-electron chi connectivity index (χ3n) is 24.3. The topological polar surface area (TPSA) is 271 Å².